The normalized spacial score (nSPS) is 17.3. The summed E-state index contributed by atoms with van der Waals surface area (Å²) in [5, 5.41) is 8.81. The summed E-state index contributed by atoms with van der Waals surface area (Å²) in [6.45, 7) is 5.37. The largest absolute Gasteiger partial charge is 0.381 e. The Morgan fingerprint density at radius 1 is 1.39 bits per heavy atom. The number of carbonyl (C=O) groups excluding carboxylic acids is 1. The van der Waals surface area contributed by atoms with Crippen LogP contribution in [-0.2, 0) is 4.74 Å². The van der Waals surface area contributed by atoms with Gasteiger partial charge in [0.05, 0.1) is 0 Å². The van der Waals surface area contributed by atoms with E-state index in [0.717, 1.165) is 12.8 Å². The fraction of sp³-hybridized carbons (Fsp3) is 0.600. The molecule has 0 aromatic carbocycles. The van der Waals surface area contributed by atoms with Crippen molar-refractivity contribution in [2.45, 2.75) is 38.6 Å². The highest BCUT2D eigenvalue weighted by molar-refractivity contribution is 7.03. The number of ether oxygens (including phenoxy) is 1. The monoisotopic (exact) mass is 336 g/mol. The molecule has 1 fully saturated rings. The Morgan fingerprint density at radius 2 is 2.17 bits per heavy atom. The second-order valence-electron chi connectivity index (χ2n) is 5.93. The van der Waals surface area contributed by atoms with Gasteiger partial charge in [-0.2, -0.15) is 9.36 Å². The Balaban J connectivity index is 1.81. The fourth-order valence-corrected chi connectivity index (χ4v) is 3.09. The van der Waals surface area contributed by atoms with Gasteiger partial charge in [-0.1, -0.05) is 19.0 Å². The maximum absolute atomic E-state index is 12.4. The molecular formula is C15H20N4O3S. The van der Waals surface area contributed by atoms with Gasteiger partial charge in [-0.3, -0.25) is 4.79 Å². The summed E-state index contributed by atoms with van der Waals surface area (Å²) in [5.41, 5.74) is 0.413. The van der Waals surface area contributed by atoms with Gasteiger partial charge in [0.1, 0.15) is 11.7 Å². The molecule has 1 saturated heterocycles. The average Bonchev–Trinajstić information content (AvgIpc) is 3.24. The van der Waals surface area contributed by atoms with Gasteiger partial charge in [0.25, 0.3) is 5.91 Å². The minimum absolute atomic E-state index is 0.178. The number of hydrogen-bond donors (Lipinski definition) is 1. The van der Waals surface area contributed by atoms with Crippen molar-refractivity contribution in [2.24, 2.45) is 5.92 Å². The first-order valence-corrected chi connectivity index (χ1v) is 8.61. The molecule has 0 spiro atoms. The quantitative estimate of drug-likeness (QED) is 0.902. The van der Waals surface area contributed by atoms with Crippen molar-refractivity contribution >= 4 is 17.4 Å². The van der Waals surface area contributed by atoms with E-state index in [-0.39, 0.29) is 23.8 Å². The molecule has 8 heteroatoms. The van der Waals surface area contributed by atoms with E-state index in [1.54, 1.807) is 11.4 Å². The molecule has 1 aliphatic rings. The number of aromatic nitrogens is 3. The van der Waals surface area contributed by atoms with Crippen molar-refractivity contribution < 1.29 is 14.1 Å². The molecule has 0 aliphatic carbocycles. The second kappa shape index (κ2) is 7.18. The van der Waals surface area contributed by atoms with Gasteiger partial charge in [0, 0.05) is 24.5 Å². The number of nitrogens with one attached hydrogen (secondary N) is 1. The van der Waals surface area contributed by atoms with E-state index in [2.05, 4.69) is 19.8 Å². The molecule has 7 nitrogen and oxygen atoms in total. The highest BCUT2D eigenvalue weighted by Crippen LogP contribution is 2.30. The van der Waals surface area contributed by atoms with Crippen LogP contribution in [0.5, 0.6) is 0 Å². The topological polar surface area (TPSA) is 90.1 Å². The lowest BCUT2D eigenvalue weighted by atomic mass is 9.91. The van der Waals surface area contributed by atoms with Crippen LogP contribution in [0.25, 0.3) is 0 Å². The lowest BCUT2D eigenvalue weighted by molar-refractivity contribution is 0.0467. The van der Waals surface area contributed by atoms with Gasteiger partial charge in [0.2, 0.25) is 5.89 Å². The van der Waals surface area contributed by atoms with E-state index in [1.165, 1.54) is 11.5 Å². The third-order valence-corrected chi connectivity index (χ3v) is 4.49. The Hall–Kier alpha value is -1.80. The van der Waals surface area contributed by atoms with Crippen LogP contribution in [0.4, 0.5) is 0 Å². The van der Waals surface area contributed by atoms with Crippen molar-refractivity contribution in [1.29, 1.82) is 0 Å². The maximum atomic E-state index is 12.4. The van der Waals surface area contributed by atoms with E-state index in [0.29, 0.717) is 30.6 Å². The lowest BCUT2D eigenvalue weighted by Gasteiger charge is -2.28. The van der Waals surface area contributed by atoms with Crippen LogP contribution in [0.15, 0.2) is 16.0 Å². The van der Waals surface area contributed by atoms with Crippen LogP contribution >= 0.6 is 11.5 Å². The van der Waals surface area contributed by atoms with Gasteiger partial charge in [-0.05, 0) is 36.4 Å². The molecule has 3 heterocycles. The first kappa shape index (κ1) is 16.1. The number of amides is 1. The lowest BCUT2D eigenvalue weighted by Crippen LogP contribution is -2.36. The summed E-state index contributed by atoms with van der Waals surface area (Å²) in [7, 11) is 0. The highest BCUT2D eigenvalue weighted by Gasteiger charge is 2.32. The zero-order valence-electron chi connectivity index (χ0n) is 13.2. The first-order valence-electron chi connectivity index (χ1n) is 7.77. The number of rotatable bonds is 5. The standard InChI is InChI=1S/C15H20N4O3S/c1-9(2)13-17-15(22-18-13)12(10-3-6-21-7-4-10)16-14(20)11-5-8-23-19-11/h5,8-10,12H,3-4,6-7H2,1-2H3,(H,16,20). The van der Waals surface area contributed by atoms with E-state index in [1.807, 2.05) is 13.8 Å². The fourth-order valence-electron chi connectivity index (χ4n) is 2.58. The van der Waals surface area contributed by atoms with Gasteiger partial charge in [-0.15, -0.1) is 0 Å². The van der Waals surface area contributed by atoms with Crippen LogP contribution in [0.1, 0.15) is 60.9 Å². The van der Waals surface area contributed by atoms with Crippen LogP contribution in [-0.4, -0.2) is 33.6 Å². The van der Waals surface area contributed by atoms with Crippen molar-refractivity contribution in [2.75, 3.05) is 13.2 Å². The smallest absolute Gasteiger partial charge is 0.271 e. The minimum atomic E-state index is -0.312. The summed E-state index contributed by atoms with van der Waals surface area (Å²) >= 11 is 1.25. The molecule has 0 radical (unpaired) electrons. The van der Waals surface area contributed by atoms with Gasteiger partial charge in [-0.25, -0.2) is 0 Å². The molecule has 1 N–H and O–H groups in total. The molecule has 0 bridgehead atoms. The first-order chi connectivity index (χ1) is 11.1. The Bertz CT molecular complexity index is 635. The van der Waals surface area contributed by atoms with Crippen LogP contribution in [0.3, 0.4) is 0 Å². The van der Waals surface area contributed by atoms with Gasteiger partial charge >= 0.3 is 0 Å². The molecular weight excluding hydrogens is 316 g/mol. The summed E-state index contributed by atoms with van der Waals surface area (Å²) in [6, 6.07) is 1.39. The Morgan fingerprint density at radius 3 is 2.78 bits per heavy atom. The molecule has 1 aliphatic heterocycles. The van der Waals surface area contributed by atoms with Crippen LogP contribution in [0.2, 0.25) is 0 Å². The molecule has 2 aromatic rings. The van der Waals surface area contributed by atoms with Crippen molar-refractivity contribution in [3.8, 4) is 0 Å². The Kier molecular flexibility index (Phi) is 5.02. The molecule has 1 unspecified atom stereocenters. The van der Waals surface area contributed by atoms with E-state index in [9.17, 15) is 4.79 Å². The summed E-state index contributed by atoms with van der Waals surface area (Å²) < 4.78 is 14.9. The third-order valence-electron chi connectivity index (χ3n) is 3.93. The molecule has 0 saturated carbocycles. The zero-order valence-corrected chi connectivity index (χ0v) is 14.0. The van der Waals surface area contributed by atoms with E-state index in [4.69, 9.17) is 9.26 Å². The predicted molar refractivity (Wildman–Crippen MR) is 84.3 cm³/mol. The van der Waals surface area contributed by atoms with Gasteiger partial charge in [0.15, 0.2) is 5.82 Å². The average molecular weight is 336 g/mol. The van der Waals surface area contributed by atoms with Crippen LogP contribution in [0, 0.1) is 5.92 Å². The van der Waals surface area contributed by atoms with Crippen molar-refractivity contribution in [3.63, 3.8) is 0 Å². The SMILES string of the molecule is CC(C)c1noc(C(NC(=O)c2ccsn2)C2CCOCC2)n1. The third kappa shape index (κ3) is 3.76. The van der Waals surface area contributed by atoms with E-state index < -0.39 is 0 Å². The van der Waals surface area contributed by atoms with E-state index >= 15 is 0 Å². The number of carbonyl (C=O) groups is 1. The molecule has 23 heavy (non-hydrogen) atoms. The minimum Gasteiger partial charge on any atom is -0.381 e. The summed E-state index contributed by atoms with van der Waals surface area (Å²) in [6.07, 6.45) is 1.70. The van der Waals surface area contributed by atoms with Crippen LogP contribution < -0.4 is 5.32 Å². The highest BCUT2D eigenvalue weighted by atomic mass is 32.1. The zero-order chi connectivity index (χ0) is 16.2. The molecule has 1 atom stereocenters. The van der Waals surface area contributed by atoms with Gasteiger partial charge < -0.3 is 14.6 Å². The molecule has 3 rings (SSSR count). The summed E-state index contributed by atoms with van der Waals surface area (Å²) in [5.74, 6) is 1.29. The molecule has 2 aromatic heterocycles. The summed E-state index contributed by atoms with van der Waals surface area (Å²) in [4.78, 5) is 16.9. The Labute approximate surface area is 138 Å². The maximum Gasteiger partial charge on any atom is 0.271 e. The molecule has 124 valence electrons. The second-order valence-corrected chi connectivity index (χ2v) is 6.60. The molecule has 1 amide bonds. The number of hydrogen-bond acceptors (Lipinski definition) is 7. The number of nitrogens with zero attached hydrogens (tertiary/aromatic N) is 3. The predicted octanol–water partition coefficient (Wildman–Crippen LogP) is 2.55. The van der Waals surface area contributed by atoms with Crippen molar-refractivity contribution in [1.82, 2.24) is 19.8 Å². The van der Waals surface area contributed by atoms with Crippen molar-refractivity contribution in [3.05, 3.63) is 28.9 Å².